The first-order chi connectivity index (χ1) is 10.1. The van der Waals surface area contributed by atoms with Crippen molar-refractivity contribution in [2.75, 3.05) is 0 Å². The largest absolute Gasteiger partial charge is 0.414 e. The van der Waals surface area contributed by atoms with Crippen LogP contribution in [0.2, 0.25) is 19.1 Å². The van der Waals surface area contributed by atoms with Crippen LogP contribution in [-0.4, -0.2) is 14.4 Å². The molecule has 21 heavy (non-hydrogen) atoms. The highest BCUT2D eigenvalue weighted by molar-refractivity contribution is 6.71. The molecule has 0 aliphatic rings. The van der Waals surface area contributed by atoms with Gasteiger partial charge >= 0.3 is 0 Å². The molecule has 0 radical (unpaired) electrons. The highest BCUT2D eigenvalue weighted by atomic mass is 28.4. The molecule has 0 aromatic carbocycles. The summed E-state index contributed by atoms with van der Waals surface area (Å²) in [5.74, 6) is 0. The van der Waals surface area contributed by atoms with Gasteiger partial charge in [0.05, 0.1) is 0 Å². The highest BCUT2D eigenvalue weighted by Crippen LogP contribution is 2.23. The third-order valence-electron chi connectivity index (χ3n) is 4.38. The van der Waals surface area contributed by atoms with Gasteiger partial charge in [-0.2, -0.15) is 0 Å². The molecular weight excluding hydrogens is 272 g/mol. The second-order valence-electron chi connectivity index (χ2n) is 7.30. The van der Waals surface area contributed by atoms with Gasteiger partial charge < -0.3 is 4.43 Å². The summed E-state index contributed by atoms with van der Waals surface area (Å²) in [4.78, 5) is 0. The summed E-state index contributed by atoms with van der Waals surface area (Å²) in [5, 5.41) is 0. The molecule has 0 aromatic heterocycles. The van der Waals surface area contributed by atoms with Gasteiger partial charge in [-0.05, 0) is 32.0 Å². The van der Waals surface area contributed by atoms with Crippen LogP contribution in [0.5, 0.6) is 0 Å². The predicted octanol–water partition coefficient (Wildman–Crippen LogP) is 7.32. The van der Waals surface area contributed by atoms with Gasteiger partial charge in [0, 0.05) is 6.10 Å². The minimum atomic E-state index is -1.42. The quantitative estimate of drug-likeness (QED) is 0.227. The molecule has 0 fully saturated rings. The first-order valence-corrected chi connectivity index (χ1v) is 12.8. The Kier molecular flexibility index (Phi) is 13.9. The Hall–Kier alpha value is 0.177. The lowest BCUT2D eigenvalue weighted by molar-refractivity contribution is 0.163. The molecule has 0 saturated heterocycles. The van der Waals surface area contributed by atoms with Crippen molar-refractivity contribution in [3.05, 3.63) is 0 Å². The van der Waals surface area contributed by atoms with Gasteiger partial charge in [-0.15, -0.1) is 0 Å². The van der Waals surface area contributed by atoms with Crippen LogP contribution in [-0.2, 0) is 4.43 Å². The molecule has 0 spiro atoms. The van der Waals surface area contributed by atoms with E-state index >= 15 is 0 Å². The summed E-state index contributed by atoms with van der Waals surface area (Å²) in [6, 6.07) is 1.34. The van der Waals surface area contributed by atoms with Gasteiger partial charge in [0.1, 0.15) is 0 Å². The van der Waals surface area contributed by atoms with E-state index < -0.39 is 8.32 Å². The minimum Gasteiger partial charge on any atom is -0.414 e. The molecule has 0 heterocycles. The molecule has 0 rings (SSSR count). The van der Waals surface area contributed by atoms with E-state index in [1.54, 1.807) is 0 Å². The Labute approximate surface area is 136 Å². The molecule has 0 aliphatic carbocycles. The maximum Gasteiger partial charge on any atom is 0.187 e. The van der Waals surface area contributed by atoms with Crippen molar-refractivity contribution in [3.8, 4) is 0 Å². The maximum atomic E-state index is 6.61. The van der Waals surface area contributed by atoms with E-state index in [0.29, 0.717) is 6.10 Å². The molecule has 128 valence electrons. The first kappa shape index (κ1) is 21.2. The van der Waals surface area contributed by atoms with Crippen LogP contribution in [0.3, 0.4) is 0 Å². The van der Waals surface area contributed by atoms with E-state index in [2.05, 4.69) is 33.9 Å². The van der Waals surface area contributed by atoms with Crippen LogP contribution in [0, 0.1) is 0 Å². The smallest absolute Gasteiger partial charge is 0.187 e. The van der Waals surface area contributed by atoms with Crippen LogP contribution in [0.1, 0.15) is 97.8 Å². The summed E-state index contributed by atoms with van der Waals surface area (Å²) in [6.07, 6.45) is 16.8. The molecule has 2 heteroatoms. The zero-order chi connectivity index (χ0) is 16.0. The third kappa shape index (κ3) is 13.6. The van der Waals surface area contributed by atoms with E-state index in [1.165, 1.54) is 83.1 Å². The standard InChI is InChI=1S/C19H42OSi/c1-6-9-12-13-14-15-17-19(16-10-7-2)20-21(4,5)18-11-8-3/h19H,6-18H2,1-5H3. The molecule has 0 bridgehead atoms. The van der Waals surface area contributed by atoms with Crippen molar-refractivity contribution in [2.45, 2.75) is 123 Å². The number of rotatable bonds is 15. The zero-order valence-electron chi connectivity index (χ0n) is 15.7. The van der Waals surface area contributed by atoms with Crippen LogP contribution in [0.15, 0.2) is 0 Å². The Morgan fingerprint density at radius 1 is 0.667 bits per heavy atom. The van der Waals surface area contributed by atoms with Gasteiger partial charge in [0.15, 0.2) is 8.32 Å². The first-order valence-electron chi connectivity index (χ1n) is 9.73. The summed E-state index contributed by atoms with van der Waals surface area (Å²) >= 11 is 0. The Bertz CT molecular complexity index is 216. The Morgan fingerprint density at radius 2 is 1.19 bits per heavy atom. The zero-order valence-corrected chi connectivity index (χ0v) is 16.7. The average molecular weight is 315 g/mol. The van der Waals surface area contributed by atoms with Crippen molar-refractivity contribution in [2.24, 2.45) is 0 Å². The summed E-state index contributed by atoms with van der Waals surface area (Å²) in [6.45, 7) is 11.7. The Balaban J connectivity index is 4.00. The summed E-state index contributed by atoms with van der Waals surface area (Å²) < 4.78 is 6.61. The van der Waals surface area contributed by atoms with E-state index in [1.807, 2.05) is 0 Å². The number of unbranched alkanes of at least 4 members (excludes halogenated alkanes) is 7. The highest BCUT2D eigenvalue weighted by Gasteiger charge is 2.25. The molecule has 0 N–H and O–H groups in total. The van der Waals surface area contributed by atoms with E-state index in [0.717, 1.165) is 0 Å². The molecule has 1 nitrogen and oxygen atoms in total. The van der Waals surface area contributed by atoms with Crippen molar-refractivity contribution >= 4 is 8.32 Å². The third-order valence-corrected chi connectivity index (χ3v) is 6.91. The van der Waals surface area contributed by atoms with Crippen LogP contribution < -0.4 is 0 Å². The fourth-order valence-electron chi connectivity index (χ4n) is 2.96. The van der Waals surface area contributed by atoms with Crippen molar-refractivity contribution in [3.63, 3.8) is 0 Å². The molecule has 0 saturated carbocycles. The minimum absolute atomic E-state index is 0.551. The second kappa shape index (κ2) is 13.8. The Morgan fingerprint density at radius 3 is 1.81 bits per heavy atom. The summed E-state index contributed by atoms with van der Waals surface area (Å²) in [5.41, 5.74) is 0. The van der Waals surface area contributed by atoms with Gasteiger partial charge in [-0.3, -0.25) is 0 Å². The molecule has 0 amide bonds. The van der Waals surface area contributed by atoms with Gasteiger partial charge in [0.25, 0.3) is 0 Å². The van der Waals surface area contributed by atoms with Crippen LogP contribution in [0.4, 0.5) is 0 Å². The topological polar surface area (TPSA) is 9.23 Å². The predicted molar refractivity (Wildman–Crippen MR) is 99.6 cm³/mol. The van der Waals surface area contributed by atoms with E-state index in [9.17, 15) is 0 Å². The molecule has 0 aliphatic heterocycles. The monoisotopic (exact) mass is 314 g/mol. The van der Waals surface area contributed by atoms with Crippen molar-refractivity contribution < 1.29 is 4.43 Å². The van der Waals surface area contributed by atoms with E-state index in [4.69, 9.17) is 4.43 Å². The van der Waals surface area contributed by atoms with E-state index in [-0.39, 0.29) is 0 Å². The van der Waals surface area contributed by atoms with Crippen LogP contribution in [0.25, 0.3) is 0 Å². The lowest BCUT2D eigenvalue weighted by Crippen LogP contribution is -2.35. The molecule has 1 unspecified atom stereocenters. The fraction of sp³-hybridized carbons (Fsp3) is 1.00. The lowest BCUT2D eigenvalue weighted by atomic mass is 10.0. The maximum absolute atomic E-state index is 6.61. The van der Waals surface area contributed by atoms with Crippen molar-refractivity contribution in [1.29, 1.82) is 0 Å². The number of hydrogen-bond donors (Lipinski definition) is 0. The normalized spacial score (nSPS) is 13.6. The molecular formula is C19H42OSi. The summed E-state index contributed by atoms with van der Waals surface area (Å²) in [7, 11) is -1.42. The second-order valence-corrected chi connectivity index (χ2v) is 11.6. The van der Waals surface area contributed by atoms with Gasteiger partial charge in [-0.1, -0.05) is 85.0 Å². The van der Waals surface area contributed by atoms with Gasteiger partial charge in [-0.25, -0.2) is 0 Å². The SMILES string of the molecule is CCCCCCCCC(CCCC)O[Si](C)(C)CCCC. The molecule has 1 atom stereocenters. The molecule has 0 aromatic rings. The number of hydrogen-bond acceptors (Lipinski definition) is 1. The van der Waals surface area contributed by atoms with Gasteiger partial charge in [0.2, 0.25) is 0 Å². The lowest BCUT2D eigenvalue weighted by Gasteiger charge is -2.29. The van der Waals surface area contributed by atoms with Crippen LogP contribution >= 0.6 is 0 Å². The van der Waals surface area contributed by atoms with Crippen molar-refractivity contribution in [1.82, 2.24) is 0 Å². The fourth-order valence-corrected chi connectivity index (χ4v) is 5.42. The average Bonchev–Trinajstić information content (AvgIpc) is 2.45.